The van der Waals surface area contributed by atoms with Gasteiger partial charge in [-0.15, -0.1) is 0 Å². The van der Waals surface area contributed by atoms with Crippen LogP contribution < -0.4 is 0 Å². The van der Waals surface area contributed by atoms with E-state index in [4.69, 9.17) is 4.84 Å². The Labute approximate surface area is 127 Å². The maximum absolute atomic E-state index is 12.4. The zero-order valence-corrected chi connectivity index (χ0v) is 14.5. The summed E-state index contributed by atoms with van der Waals surface area (Å²) in [6.07, 6.45) is 0.374. The number of amides is 1. The van der Waals surface area contributed by atoms with E-state index >= 15 is 0 Å². The highest BCUT2D eigenvalue weighted by atomic mass is 16.8. The highest BCUT2D eigenvalue weighted by Crippen LogP contribution is 2.48. The third kappa shape index (κ3) is 3.46. The molecule has 0 bridgehead atoms. The predicted molar refractivity (Wildman–Crippen MR) is 80.1 cm³/mol. The molecule has 122 valence electrons. The van der Waals surface area contributed by atoms with Gasteiger partial charge in [-0.05, 0) is 6.92 Å². The minimum atomic E-state index is -1.47. The molecule has 0 aromatic rings. The number of rotatable bonds is 2. The van der Waals surface area contributed by atoms with Crippen molar-refractivity contribution < 1.29 is 19.5 Å². The largest absolute Gasteiger partial charge is 0.363 e. The number of carbonyl (C=O) groups is 2. The summed E-state index contributed by atoms with van der Waals surface area (Å²) in [6, 6.07) is 0. The van der Waals surface area contributed by atoms with E-state index < -0.39 is 22.2 Å². The van der Waals surface area contributed by atoms with Crippen LogP contribution in [-0.2, 0) is 14.4 Å². The molecule has 1 saturated heterocycles. The number of Topliss-reactive ketones (excluding diaryl/α,β-unsaturated/α-hetero) is 1. The monoisotopic (exact) mass is 299 g/mol. The average molecular weight is 299 g/mol. The van der Waals surface area contributed by atoms with Crippen LogP contribution in [-0.4, -0.2) is 33.2 Å². The minimum Gasteiger partial charge on any atom is -0.363 e. The molecular formula is C16H29NO4. The van der Waals surface area contributed by atoms with E-state index in [9.17, 15) is 14.7 Å². The normalized spacial score (nSPS) is 30.6. The molecular weight excluding hydrogens is 270 g/mol. The van der Waals surface area contributed by atoms with Crippen molar-refractivity contribution in [2.75, 3.05) is 0 Å². The first-order valence-electron chi connectivity index (χ1n) is 7.38. The number of aliphatic hydroxyl groups is 1. The second kappa shape index (κ2) is 5.06. The smallest absolute Gasteiger partial charge is 0.243 e. The van der Waals surface area contributed by atoms with E-state index in [2.05, 4.69) is 0 Å². The molecule has 0 radical (unpaired) electrons. The topological polar surface area (TPSA) is 66.8 Å². The summed E-state index contributed by atoms with van der Waals surface area (Å²) in [5.41, 5.74) is -1.89. The van der Waals surface area contributed by atoms with Crippen molar-refractivity contribution in [1.82, 2.24) is 5.06 Å². The van der Waals surface area contributed by atoms with Gasteiger partial charge in [-0.3, -0.25) is 9.59 Å². The van der Waals surface area contributed by atoms with Crippen LogP contribution in [0.5, 0.6) is 0 Å². The molecule has 0 aliphatic carbocycles. The lowest BCUT2D eigenvalue weighted by Gasteiger charge is -2.34. The van der Waals surface area contributed by atoms with Crippen LogP contribution in [0.25, 0.3) is 0 Å². The van der Waals surface area contributed by atoms with E-state index in [1.165, 1.54) is 12.0 Å². The Balaban J connectivity index is 3.14. The number of nitrogens with zero attached hydrogens (tertiary/aromatic N) is 1. The Bertz CT molecular complexity index is 446. The van der Waals surface area contributed by atoms with Crippen molar-refractivity contribution in [2.24, 2.45) is 10.8 Å². The minimum absolute atomic E-state index is 0.0398. The lowest BCUT2D eigenvalue weighted by Crippen LogP contribution is -2.46. The molecule has 0 spiro atoms. The molecule has 1 N–H and O–H groups in total. The first-order valence-corrected chi connectivity index (χ1v) is 7.38. The molecule has 5 nitrogen and oxygen atoms in total. The Morgan fingerprint density at radius 1 is 1.19 bits per heavy atom. The quantitative estimate of drug-likeness (QED) is 0.851. The van der Waals surface area contributed by atoms with E-state index in [0.717, 1.165) is 0 Å². The van der Waals surface area contributed by atoms with Gasteiger partial charge in [-0.25, -0.2) is 9.90 Å². The summed E-state index contributed by atoms with van der Waals surface area (Å²) >= 11 is 0. The Morgan fingerprint density at radius 3 is 2.00 bits per heavy atom. The standard InChI is InChI=1S/C16H29NO4/c1-11(18)17-15(8,9-12(19)13(2,3)4)10-16(20,21-17)14(5,6)7/h20H,9-10H2,1-8H3/t15-,16+/m0/s1. The van der Waals surface area contributed by atoms with Gasteiger partial charge in [0.2, 0.25) is 5.91 Å². The molecule has 1 aliphatic heterocycles. The van der Waals surface area contributed by atoms with Crippen molar-refractivity contribution in [1.29, 1.82) is 0 Å². The number of carbonyl (C=O) groups excluding carboxylic acids is 2. The zero-order valence-electron chi connectivity index (χ0n) is 14.5. The van der Waals surface area contributed by atoms with Gasteiger partial charge in [0.1, 0.15) is 5.78 Å². The third-order valence-corrected chi connectivity index (χ3v) is 4.19. The summed E-state index contributed by atoms with van der Waals surface area (Å²) in [6.45, 7) is 14.3. The van der Waals surface area contributed by atoms with Crippen LogP contribution >= 0.6 is 0 Å². The lowest BCUT2D eigenvalue weighted by molar-refractivity contribution is -0.316. The van der Waals surface area contributed by atoms with Gasteiger partial charge in [0.25, 0.3) is 0 Å². The number of hydroxylamine groups is 2. The summed E-state index contributed by atoms with van der Waals surface area (Å²) in [4.78, 5) is 29.9. The van der Waals surface area contributed by atoms with Crippen molar-refractivity contribution in [3.63, 3.8) is 0 Å². The Hall–Kier alpha value is -0.940. The maximum Gasteiger partial charge on any atom is 0.243 e. The average Bonchev–Trinajstić information content (AvgIpc) is 2.49. The number of hydrogen-bond acceptors (Lipinski definition) is 4. The van der Waals surface area contributed by atoms with Gasteiger partial charge < -0.3 is 5.11 Å². The van der Waals surface area contributed by atoms with E-state index in [1.807, 2.05) is 41.5 Å². The van der Waals surface area contributed by atoms with Gasteiger partial charge >= 0.3 is 0 Å². The molecule has 1 aliphatic rings. The second-order valence-electron chi connectivity index (χ2n) is 8.46. The molecule has 0 aromatic carbocycles. The highest BCUT2D eigenvalue weighted by molar-refractivity contribution is 5.85. The summed E-state index contributed by atoms with van der Waals surface area (Å²) in [5.74, 6) is -1.73. The van der Waals surface area contributed by atoms with E-state index in [1.54, 1.807) is 6.92 Å². The fourth-order valence-electron chi connectivity index (χ4n) is 2.47. The number of ketones is 1. The van der Waals surface area contributed by atoms with Crippen LogP contribution in [0.15, 0.2) is 0 Å². The molecule has 1 fully saturated rings. The summed E-state index contributed by atoms with van der Waals surface area (Å²) in [5, 5.41) is 12.0. The van der Waals surface area contributed by atoms with Gasteiger partial charge in [0.05, 0.1) is 5.54 Å². The molecule has 5 heteroatoms. The Kier molecular flexibility index (Phi) is 4.36. The fourth-order valence-corrected chi connectivity index (χ4v) is 2.47. The molecule has 1 amide bonds. The first kappa shape index (κ1) is 18.1. The molecule has 2 atom stereocenters. The molecule has 0 aromatic heterocycles. The molecule has 0 saturated carbocycles. The Morgan fingerprint density at radius 2 is 1.67 bits per heavy atom. The van der Waals surface area contributed by atoms with Gasteiger partial charge in [-0.1, -0.05) is 41.5 Å². The maximum atomic E-state index is 12.4. The SMILES string of the molecule is CC(=O)N1O[C@@](O)(C(C)(C)C)C[C@]1(C)CC(=O)C(C)(C)C. The van der Waals surface area contributed by atoms with Gasteiger partial charge in [0.15, 0.2) is 5.79 Å². The first-order chi connectivity index (χ1) is 9.12. The van der Waals surface area contributed by atoms with E-state index in [0.29, 0.717) is 0 Å². The second-order valence-corrected chi connectivity index (χ2v) is 8.46. The summed E-state index contributed by atoms with van der Waals surface area (Å²) in [7, 11) is 0. The molecule has 0 unspecified atom stereocenters. The fraction of sp³-hybridized carbons (Fsp3) is 0.875. The van der Waals surface area contributed by atoms with Crippen LogP contribution in [0, 0.1) is 10.8 Å². The zero-order chi connectivity index (χ0) is 16.9. The van der Waals surface area contributed by atoms with Crippen molar-refractivity contribution in [2.45, 2.75) is 79.6 Å². The number of hydrogen-bond donors (Lipinski definition) is 1. The molecule has 1 heterocycles. The van der Waals surface area contributed by atoms with Crippen LogP contribution in [0.3, 0.4) is 0 Å². The van der Waals surface area contributed by atoms with E-state index in [-0.39, 0.29) is 24.5 Å². The molecule has 1 rings (SSSR count). The highest BCUT2D eigenvalue weighted by Gasteiger charge is 2.59. The van der Waals surface area contributed by atoms with Crippen LogP contribution in [0.2, 0.25) is 0 Å². The van der Waals surface area contributed by atoms with Crippen LogP contribution in [0.1, 0.15) is 68.2 Å². The van der Waals surface area contributed by atoms with Crippen LogP contribution in [0.4, 0.5) is 0 Å². The lowest BCUT2D eigenvalue weighted by atomic mass is 9.75. The van der Waals surface area contributed by atoms with Gasteiger partial charge in [-0.2, -0.15) is 0 Å². The van der Waals surface area contributed by atoms with Crippen molar-refractivity contribution in [3.8, 4) is 0 Å². The van der Waals surface area contributed by atoms with Gasteiger partial charge in [0, 0.05) is 30.6 Å². The van der Waals surface area contributed by atoms with Crippen molar-refractivity contribution >= 4 is 11.7 Å². The molecule has 21 heavy (non-hydrogen) atoms. The van der Waals surface area contributed by atoms with Crippen molar-refractivity contribution in [3.05, 3.63) is 0 Å². The predicted octanol–water partition coefficient (Wildman–Crippen LogP) is 2.67. The third-order valence-electron chi connectivity index (χ3n) is 4.19. The summed E-state index contributed by atoms with van der Waals surface area (Å²) < 4.78 is 0.